The maximum atomic E-state index is 12.6. The summed E-state index contributed by atoms with van der Waals surface area (Å²) >= 11 is -1.17. The number of hydrogen-bond donors (Lipinski definition) is 0. The summed E-state index contributed by atoms with van der Waals surface area (Å²) < 4.78 is 1.61. The van der Waals surface area contributed by atoms with Crippen LogP contribution in [0.25, 0.3) is 0 Å². The van der Waals surface area contributed by atoms with Gasteiger partial charge in [0.25, 0.3) is 0 Å². The Bertz CT molecular complexity index is 534. The van der Waals surface area contributed by atoms with E-state index in [0.29, 0.717) is 0 Å². The van der Waals surface area contributed by atoms with Crippen LogP contribution in [0, 0.1) is 21.7 Å². The van der Waals surface area contributed by atoms with Crippen LogP contribution in [0.1, 0.15) is 82.1 Å². The van der Waals surface area contributed by atoms with Crippen LogP contribution in [0.3, 0.4) is 0 Å². The average Bonchev–Trinajstić information content (AvgIpc) is 2.44. The van der Waals surface area contributed by atoms with E-state index >= 15 is 0 Å². The topological polar surface area (TPSA) is 68.3 Å². The molecule has 0 aliphatic heterocycles. The van der Waals surface area contributed by atoms with Crippen molar-refractivity contribution >= 4 is 57.0 Å². The second-order valence-electron chi connectivity index (χ2n) is 11.2. The Labute approximate surface area is 183 Å². The van der Waals surface area contributed by atoms with E-state index in [0.717, 1.165) is 5.04 Å². The number of hydrogen-bond acceptors (Lipinski definition) is 4. The molecule has 0 aromatic heterocycles. The Morgan fingerprint density at radius 1 is 0.519 bits per heavy atom. The Morgan fingerprint density at radius 3 is 1.00 bits per heavy atom. The second-order valence-corrected chi connectivity index (χ2v) is 13.8. The second kappa shape index (κ2) is 9.63. The van der Waals surface area contributed by atoms with Crippen LogP contribution in [0.15, 0.2) is 0 Å². The molecular weight excluding hydrogens is 368 g/mol. The molecule has 0 bridgehead atoms. The molecule has 0 rings (SSSR count). The van der Waals surface area contributed by atoms with Crippen molar-refractivity contribution < 1.29 is 19.2 Å². The zero-order valence-corrected chi connectivity index (χ0v) is 21.4. The third-order valence-electron chi connectivity index (χ3n) is 5.43. The van der Waals surface area contributed by atoms with Crippen molar-refractivity contribution in [3.63, 3.8) is 0 Å². The van der Waals surface area contributed by atoms with Gasteiger partial charge in [-0.15, -0.1) is 0 Å². The normalized spacial score (nSPS) is 13.1. The third kappa shape index (κ3) is 9.32. The van der Waals surface area contributed by atoms with E-state index in [4.69, 9.17) is 0 Å². The molecule has 0 atom stereocenters. The SMILES string of the molecule is CC(C)(C)C(=O)CC(=O)C(C)(C)[CH2][Ca][CH2]C(C)(C)C(=O)CC(=O)C(C)(C)C. The zero-order chi connectivity index (χ0) is 21.8. The summed E-state index contributed by atoms with van der Waals surface area (Å²) in [5.41, 5.74) is -2.02. The van der Waals surface area contributed by atoms with E-state index in [9.17, 15) is 19.2 Å². The summed E-state index contributed by atoms with van der Waals surface area (Å²) in [6.07, 6.45) is -0.0255. The van der Waals surface area contributed by atoms with Crippen LogP contribution in [-0.2, 0) is 19.2 Å². The summed E-state index contributed by atoms with van der Waals surface area (Å²) in [6.45, 7) is 18.6. The number of carbonyl (C=O) groups excluding carboxylic acids is 4. The molecule has 0 aliphatic rings. The number of Topliss-reactive ketones (excluding diaryl/α,β-unsaturated/α-hetero) is 4. The molecule has 0 fully saturated rings. The van der Waals surface area contributed by atoms with E-state index in [1.54, 1.807) is 0 Å². The standard InChI is InChI=1S/2C11H19O2.Ca/c2*1-10(2,3)8(12)7-9(13)11(4,5)6;/h2*1,7H2,2-6H3;. The Hall–Kier alpha value is -0.0603. The number of rotatable bonds is 10. The van der Waals surface area contributed by atoms with Crippen LogP contribution >= 0.6 is 0 Å². The van der Waals surface area contributed by atoms with Gasteiger partial charge in [0.2, 0.25) is 0 Å². The van der Waals surface area contributed by atoms with Crippen LogP contribution in [0.5, 0.6) is 0 Å². The monoisotopic (exact) mass is 406 g/mol. The minimum absolute atomic E-state index is 0.0000861. The fraction of sp³-hybridized carbons (Fsp3) is 0.818. The van der Waals surface area contributed by atoms with Crippen molar-refractivity contribution in [1.82, 2.24) is 0 Å². The van der Waals surface area contributed by atoms with Gasteiger partial charge in [0.1, 0.15) is 0 Å². The first-order chi connectivity index (χ1) is 11.8. The molecule has 0 radical (unpaired) electrons. The predicted molar refractivity (Wildman–Crippen MR) is 111 cm³/mol. The molecule has 0 amide bonds. The molecule has 0 N–H and O–H groups in total. The zero-order valence-electron chi connectivity index (χ0n) is 19.2. The van der Waals surface area contributed by atoms with E-state index < -0.39 is 55.5 Å². The van der Waals surface area contributed by atoms with Gasteiger partial charge in [0.15, 0.2) is 0 Å². The molecule has 0 unspecified atom stereocenters. The van der Waals surface area contributed by atoms with Gasteiger partial charge in [0.05, 0.1) is 0 Å². The van der Waals surface area contributed by atoms with Crippen LogP contribution in [0.2, 0.25) is 5.04 Å². The fourth-order valence-electron chi connectivity index (χ4n) is 2.55. The fourth-order valence-corrected chi connectivity index (χ4v) is 6.46. The third-order valence-corrected chi connectivity index (χ3v) is 10.4. The Balaban J connectivity index is 4.74. The molecule has 152 valence electrons. The van der Waals surface area contributed by atoms with E-state index in [2.05, 4.69) is 0 Å². The van der Waals surface area contributed by atoms with Crippen molar-refractivity contribution in [2.45, 2.75) is 87.1 Å². The summed E-state index contributed by atoms with van der Waals surface area (Å²) in [5.74, 6) is -0.0475. The maximum absolute atomic E-state index is 12.6. The summed E-state index contributed by atoms with van der Waals surface area (Å²) in [4.78, 5) is 49.4. The predicted octanol–water partition coefficient (Wildman–Crippen LogP) is 4.73. The van der Waals surface area contributed by atoms with Gasteiger partial charge in [-0.05, 0) is 0 Å². The van der Waals surface area contributed by atoms with Gasteiger partial charge < -0.3 is 0 Å². The van der Waals surface area contributed by atoms with E-state index in [1.807, 2.05) is 69.2 Å². The molecule has 0 aromatic rings. The average molecular weight is 407 g/mol. The summed E-state index contributed by atoms with van der Waals surface area (Å²) in [7, 11) is 0. The van der Waals surface area contributed by atoms with Gasteiger partial charge in [-0.2, -0.15) is 0 Å². The van der Waals surface area contributed by atoms with Crippen LogP contribution < -0.4 is 0 Å². The molecule has 27 heavy (non-hydrogen) atoms. The van der Waals surface area contributed by atoms with E-state index in [-0.39, 0.29) is 36.0 Å². The quantitative estimate of drug-likeness (QED) is 0.388. The number of carbonyl (C=O) groups is 4. The minimum atomic E-state index is -1.17. The Morgan fingerprint density at radius 2 is 0.778 bits per heavy atom. The molecule has 4 nitrogen and oxygen atoms in total. The molecule has 0 aliphatic carbocycles. The first-order valence-corrected chi connectivity index (χ1v) is 13.1. The van der Waals surface area contributed by atoms with Crippen molar-refractivity contribution in [3.05, 3.63) is 0 Å². The van der Waals surface area contributed by atoms with Crippen LogP contribution in [0.4, 0.5) is 0 Å². The number of ketones is 4. The molecule has 0 saturated heterocycles. The van der Waals surface area contributed by atoms with Gasteiger partial charge in [-0.1, -0.05) is 0 Å². The molecule has 0 aromatic carbocycles. The van der Waals surface area contributed by atoms with Crippen LogP contribution in [-0.4, -0.2) is 57.0 Å². The van der Waals surface area contributed by atoms with Crippen molar-refractivity contribution in [1.29, 1.82) is 0 Å². The summed E-state index contributed by atoms with van der Waals surface area (Å²) in [5, 5.41) is 0. The van der Waals surface area contributed by atoms with Gasteiger partial charge in [0, 0.05) is 0 Å². The van der Waals surface area contributed by atoms with Gasteiger partial charge in [-0.3, -0.25) is 0 Å². The molecule has 0 saturated carbocycles. The molecule has 0 spiro atoms. The first kappa shape index (κ1) is 26.9. The van der Waals surface area contributed by atoms with Gasteiger partial charge in [-0.25, -0.2) is 0 Å². The van der Waals surface area contributed by atoms with Crippen molar-refractivity contribution in [2.24, 2.45) is 21.7 Å². The van der Waals surface area contributed by atoms with E-state index in [1.165, 1.54) is 0 Å². The van der Waals surface area contributed by atoms with Crippen molar-refractivity contribution in [2.75, 3.05) is 0 Å². The molecule has 0 heterocycles. The van der Waals surface area contributed by atoms with Gasteiger partial charge >= 0.3 is 185 Å². The Kier molecular flexibility index (Phi) is 9.60. The van der Waals surface area contributed by atoms with Crippen molar-refractivity contribution in [3.8, 4) is 0 Å². The first-order valence-electron chi connectivity index (χ1n) is 9.94. The summed E-state index contributed by atoms with van der Waals surface area (Å²) in [6, 6.07) is 0. The molecular formula is C22H38CaO4. The molecule has 5 heteroatoms.